The summed E-state index contributed by atoms with van der Waals surface area (Å²) in [5, 5.41) is 1.68. The van der Waals surface area contributed by atoms with Crippen LogP contribution in [0.4, 0.5) is 5.69 Å². The Hall–Kier alpha value is -1.55. The zero-order chi connectivity index (χ0) is 11.8. The summed E-state index contributed by atoms with van der Waals surface area (Å²) in [5.41, 5.74) is 9.92. The molecule has 0 aromatic heterocycles. The molecule has 0 heterocycles. The fourth-order valence-electron chi connectivity index (χ4n) is 1.88. The van der Waals surface area contributed by atoms with Crippen molar-refractivity contribution in [3.8, 4) is 0 Å². The summed E-state index contributed by atoms with van der Waals surface area (Å²) in [6.45, 7) is 0. The fraction of sp³-hybridized carbons (Fsp3) is 0.417. The van der Waals surface area contributed by atoms with Crippen LogP contribution < -0.4 is 11.2 Å². The molecule has 2 rings (SSSR count). The van der Waals surface area contributed by atoms with Gasteiger partial charge in [-0.2, -0.15) is 0 Å². The van der Waals surface area contributed by atoms with Gasteiger partial charge >= 0.3 is 0 Å². The minimum atomic E-state index is -0.321. The van der Waals surface area contributed by atoms with E-state index >= 15 is 0 Å². The number of nitrogens with two attached hydrogens (primary N) is 1. The van der Waals surface area contributed by atoms with E-state index in [-0.39, 0.29) is 11.3 Å². The van der Waals surface area contributed by atoms with Crippen molar-refractivity contribution in [2.24, 2.45) is 0 Å². The highest BCUT2D eigenvalue weighted by Gasteiger charge is 2.51. The molecule has 3 N–H and O–H groups in total. The minimum absolute atomic E-state index is 0.0715. The highest BCUT2D eigenvalue weighted by Crippen LogP contribution is 2.48. The predicted octanol–water partition coefficient (Wildman–Crippen LogP) is 0.893. The average molecular weight is 219 g/mol. The van der Waals surface area contributed by atoms with Gasteiger partial charge < -0.3 is 5.73 Å². The SMILES string of the molecule is CN(C)NC(=O)C1(c2ccc(N)cc2)CC1. The summed E-state index contributed by atoms with van der Waals surface area (Å²) in [5.74, 6) is 0.0715. The Morgan fingerprint density at radius 2 is 1.88 bits per heavy atom. The Morgan fingerprint density at radius 1 is 1.31 bits per heavy atom. The van der Waals surface area contributed by atoms with Gasteiger partial charge in [-0.25, -0.2) is 5.01 Å². The molecule has 0 unspecified atom stereocenters. The second kappa shape index (κ2) is 3.79. The van der Waals surface area contributed by atoms with Crippen molar-refractivity contribution in [2.45, 2.75) is 18.3 Å². The number of nitrogen functional groups attached to an aromatic ring is 1. The first-order chi connectivity index (χ1) is 7.54. The molecule has 4 heteroatoms. The Kier molecular flexibility index (Phi) is 2.59. The number of rotatable bonds is 3. The van der Waals surface area contributed by atoms with Crippen LogP contribution in [0.25, 0.3) is 0 Å². The Morgan fingerprint density at radius 3 is 2.31 bits per heavy atom. The molecule has 1 saturated carbocycles. The van der Waals surface area contributed by atoms with Gasteiger partial charge in [-0.15, -0.1) is 0 Å². The maximum Gasteiger partial charge on any atom is 0.244 e. The van der Waals surface area contributed by atoms with Crippen LogP contribution in [0.2, 0.25) is 0 Å². The molecule has 1 amide bonds. The Bertz CT molecular complexity index is 393. The van der Waals surface area contributed by atoms with Crippen molar-refractivity contribution >= 4 is 11.6 Å². The van der Waals surface area contributed by atoms with Crippen LogP contribution >= 0.6 is 0 Å². The number of hydrazine groups is 1. The maximum atomic E-state index is 12.0. The summed E-state index contributed by atoms with van der Waals surface area (Å²) in [6, 6.07) is 7.58. The van der Waals surface area contributed by atoms with Gasteiger partial charge in [0.1, 0.15) is 0 Å². The number of benzene rings is 1. The molecule has 1 aromatic carbocycles. The van der Waals surface area contributed by atoms with Crippen LogP contribution in [0.5, 0.6) is 0 Å². The van der Waals surface area contributed by atoms with E-state index < -0.39 is 0 Å². The zero-order valence-electron chi connectivity index (χ0n) is 9.66. The third-order valence-electron chi connectivity index (χ3n) is 2.97. The van der Waals surface area contributed by atoms with Gasteiger partial charge in [0.2, 0.25) is 5.91 Å². The van der Waals surface area contributed by atoms with Gasteiger partial charge in [0.15, 0.2) is 0 Å². The average Bonchev–Trinajstić information content (AvgIpc) is 2.98. The number of nitrogens with zero attached hydrogens (tertiary/aromatic N) is 1. The third kappa shape index (κ3) is 1.88. The first-order valence-corrected chi connectivity index (χ1v) is 5.39. The maximum absolute atomic E-state index is 12.0. The molecule has 0 spiro atoms. The third-order valence-corrected chi connectivity index (χ3v) is 2.97. The lowest BCUT2D eigenvalue weighted by atomic mass is 9.95. The lowest BCUT2D eigenvalue weighted by molar-refractivity contribution is -0.127. The predicted molar refractivity (Wildman–Crippen MR) is 63.6 cm³/mol. The molecule has 1 fully saturated rings. The van der Waals surface area contributed by atoms with E-state index in [1.54, 1.807) is 5.01 Å². The molecule has 0 radical (unpaired) electrons. The number of nitrogens with one attached hydrogen (secondary N) is 1. The molecule has 0 bridgehead atoms. The Balaban J connectivity index is 2.19. The number of carbonyl (C=O) groups is 1. The van der Waals surface area contributed by atoms with Crippen LogP contribution in [-0.4, -0.2) is 25.0 Å². The highest BCUT2D eigenvalue weighted by molar-refractivity contribution is 5.91. The zero-order valence-corrected chi connectivity index (χ0v) is 9.66. The van der Waals surface area contributed by atoms with Crippen molar-refractivity contribution in [3.05, 3.63) is 29.8 Å². The van der Waals surface area contributed by atoms with Crippen molar-refractivity contribution < 1.29 is 4.79 Å². The summed E-state index contributed by atoms with van der Waals surface area (Å²) in [6.07, 6.45) is 1.83. The molecule has 0 saturated heterocycles. The normalized spacial score (nSPS) is 17.2. The molecule has 4 nitrogen and oxygen atoms in total. The molecule has 1 aliphatic carbocycles. The van der Waals surface area contributed by atoms with Gasteiger partial charge in [-0.1, -0.05) is 12.1 Å². The van der Waals surface area contributed by atoms with E-state index in [1.165, 1.54) is 0 Å². The van der Waals surface area contributed by atoms with E-state index in [2.05, 4.69) is 5.43 Å². The van der Waals surface area contributed by atoms with Gasteiger partial charge in [-0.3, -0.25) is 10.2 Å². The summed E-state index contributed by atoms with van der Waals surface area (Å²) in [7, 11) is 3.63. The van der Waals surface area contributed by atoms with Crippen molar-refractivity contribution in [1.82, 2.24) is 10.4 Å². The van der Waals surface area contributed by atoms with Crippen LogP contribution in [0.15, 0.2) is 24.3 Å². The van der Waals surface area contributed by atoms with E-state index in [0.29, 0.717) is 0 Å². The lowest BCUT2D eigenvalue weighted by Crippen LogP contribution is -2.42. The van der Waals surface area contributed by atoms with Gasteiger partial charge in [0.25, 0.3) is 0 Å². The van der Waals surface area contributed by atoms with Gasteiger partial charge in [0, 0.05) is 19.8 Å². The quantitative estimate of drug-likeness (QED) is 0.586. The summed E-state index contributed by atoms with van der Waals surface area (Å²) < 4.78 is 0. The Labute approximate surface area is 95.4 Å². The topological polar surface area (TPSA) is 58.4 Å². The van der Waals surface area contributed by atoms with E-state index in [4.69, 9.17) is 5.73 Å². The highest BCUT2D eigenvalue weighted by atomic mass is 16.2. The smallest absolute Gasteiger partial charge is 0.244 e. The number of hydrogen-bond donors (Lipinski definition) is 2. The lowest BCUT2D eigenvalue weighted by Gasteiger charge is -2.19. The number of hydrogen-bond acceptors (Lipinski definition) is 3. The minimum Gasteiger partial charge on any atom is -0.399 e. The monoisotopic (exact) mass is 219 g/mol. The van der Waals surface area contributed by atoms with Gasteiger partial charge in [0.05, 0.1) is 5.41 Å². The van der Waals surface area contributed by atoms with Crippen molar-refractivity contribution in [1.29, 1.82) is 0 Å². The first kappa shape index (κ1) is 11.0. The molecule has 0 aliphatic heterocycles. The second-order valence-electron chi connectivity index (χ2n) is 4.54. The van der Waals surface area contributed by atoms with Gasteiger partial charge in [-0.05, 0) is 30.5 Å². The van der Waals surface area contributed by atoms with Crippen LogP contribution in [0, 0.1) is 0 Å². The first-order valence-electron chi connectivity index (χ1n) is 5.39. The standard InChI is InChI=1S/C12H17N3O/c1-15(2)14-11(16)12(7-8-12)9-3-5-10(13)6-4-9/h3-6H,7-8,13H2,1-2H3,(H,14,16). The van der Waals surface area contributed by atoms with E-state index in [0.717, 1.165) is 24.1 Å². The number of carbonyl (C=O) groups excluding carboxylic acids is 1. The van der Waals surface area contributed by atoms with E-state index in [1.807, 2.05) is 38.4 Å². The molecule has 1 aromatic rings. The molecule has 1 aliphatic rings. The van der Waals surface area contributed by atoms with Crippen molar-refractivity contribution in [3.63, 3.8) is 0 Å². The molecule has 16 heavy (non-hydrogen) atoms. The van der Waals surface area contributed by atoms with E-state index in [9.17, 15) is 4.79 Å². The molecular weight excluding hydrogens is 202 g/mol. The van der Waals surface area contributed by atoms with Crippen LogP contribution in [0.1, 0.15) is 18.4 Å². The second-order valence-corrected chi connectivity index (χ2v) is 4.54. The number of amides is 1. The number of anilines is 1. The van der Waals surface area contributed by atoms with Crippen LogP contribution in [-0.2, 0) is 10.2 Å². The molecular formula is C12H17N3O. The molecule has 0 atom stereocenters. The van der Waals surface area contributed by atoms with Crippen LogP contribution in [0.3, 0.4) is 0 Å². The summed E-state index contributed by atoms with van der Waals surface area (Å²) in [4.78, 5) is 12.0. The largest absolute Gasteiger partial charge is 0.399 e. The van der Waals surface area contributed by atoms with Crippen molar-refractivity contribution in [2.75, 3.05) is 19.8 Å². The fourth-order valence-corrected chi connectivity index (χ4v) is 1.88. The molecule has 86 valence electrons. The summed E-state index contributed by atoms with van der Waals surface area (Å²) >= 11 is 0.